The Labute approximate surface area is 130 Å². The summed E-state index contributed by atoms with van der Waals surface area (Å²) in [4.78, 5) is 32.3. The third-order valence-electron chi connectivity index (χ3n) is 2.42. The largest absolute Gasteiger partial charge is 0.372 e. The molecule has 22 heavy (non-hydrogen) atoms. The van der Waals surface area contributed by atoms with E-state index in [0.717, 1.165) is 0 Å². The number of Topliss-reactive ketones (excluding diaryl/α,β-unsaturated/α-hetero) is 2. The number of ketones is 2. The van der Waals surface area contributed by atoms with Gasteiger partial charge < -0.3 is 29.5 Å². The number of hydrogen-bond acceptors (Lipinski definition) is 8. The molecule has 128 valence electrons. The summed E-state index contributed by atoms with van der Waals surface area (Å²) in [5.41, 5.74) is 5.41. The van der Waals surface area contributed by atoms with Crippen molar-refractivity contribution in [2.24, 2.45) is 5.73 Å². The van der Waals surface area contributed by atoms with Gasteiger partial charge in [0.15, 0.2) is 11.6 Å². The van der Waals surface area contributed by atoms with Gasteiger partial charge in [0.05, 0.1) is 19.8 Å². The molecule has 8 nitrogen and oxygen atoms in total. The SMILES string of the molecule is CC(=O)COCC(OCCN)C(COCC=O)OCC(C)=O. The number of nitrogens with two attached hydrogens (primary N) is 1. The molecule has 0 aliphatic heterocycles. The van der Waals surface area contributed by atoms with Crippen LogP contribution in [0.4, 0.5) is 0 Å². The molecular formula is C14H25NO7. The Hall–Kier alpha value is -1.19. The average Bonchev–Trinajstić information content (AvgIpc) is 2.46. The molecule has 0 rings (SSSR count). The second-order valence-electron chi connectivity index (χ2n) is 4.67. The second-order valence-corrected chi connectivity index (χ2v) is 4.67. The maximum atomic E-state index is 11.1. The topological polar surface area (TPSA) is 114 Å². The monoisotopic (exact) mass is 319 g/mol. The maximum absolute atomic E-state index is 11.1. The lowest BCUT2D eigenvalue weighted by Crippen LogP contribution is -2.41. The molecule has 2 atom stereocenters. The molecule has 0 bridgehead atoms. The molecule has 0 aromatic carbocycles. The molecule has 0 amide bonds. The summed E-state index contributed by atoms with van der Waals surface area (Å²) in [5.74, 6) is -0.265. The molecule has 0 fully saturated rings. The van der Waals surface area contributed by atoms with Gasteiger partial charge in [-0.15, -0.1) is 0 Å². The number of aldehydes is 1. The highest BCUT2D eigenvalue weighted by molar-refractivity contribution is 5.77. The standard InChI is InChI=1S/C14H25NO7/c1-11(17)7-20-10-13(21-5-3-15)14(9-19-6-4-16)22-8-12(2)18/h4,13-14H,3,5-10,15H2,1-2H3. The molecule has 0 aliphatic rings. The van der Waals surface area contributed by atoms with Crippen molar-refractivity contribution >= 4 is 17.9 Å². The van der Waals surface area contributed by atoms with E-state index in [9.17, 15) is 14.4 Å². The van der Waals surface area contributed by atoms with E-state index >= 15 is 0 Å². The molecular weight excluding hydrogens is 294 g/mol. The van der Waals surface area contributed by atoms with Crippen LogP contribution < -0.4 is 5.73 Å². The van der Waals surface area contributed by atoms with Crippen LogP contribution in [0.5, 0.6) is 0 Å². The van der Waals surface area contributed by atoms with Crippen molar-refractivity contribution in [2.45, 2.75) is 26.1 Å². The maximum Gasteiger partial charge on any atom is 0.155 e. The van der Waals surface area contributed by atoms with Gasteiger partial charge in [-0.05, 0) is 13.8 Å². The van der Waals surface area contributed by atoms with Gasteiger partial charge >= 0.3 is 0 Å². The van der Waals surface area contributed by atoms with Crippen molar-refractivity contribution in [3.8, 4) is 0 Å². The highest BCUT2D eigenvalue weighted by atomic mass is 16.6. The molecule has 0 aliphatic carbocycles. The summed E-state index contributed by atoms with van der Waals surface area (Å²) in [5, 5.41) is 0. The second kappa shape index (κ2) is 13.5. The Balaban J connectivity index is 4.60. The third kappa shape index (κ3) is 11.5. The molecule has 0 saturated heterocycles. The van der Waals surface area contributed by atoms with Gasteiger partial charge in [0.2, 0.25) is 0 Å². The van der Waals surface area contributed by atoms with E-state index in [-0.39, 0.29) is 51.2 Å². The Morgan fingerprint density at radius 1 is 1.00 bits per heavy atom. The molecule has 0 heterocycles. The number of ether oxygens (including phenoxy) is 4. The summed E-state index contributed by atoms with van der Waals surface area (Å²) < 4.78 is 21.3. The summed E-state index contributed by atoms with van der Waals surface area (Å²) in [6, 6.07) is 0. The van der Waals surface area contributed by atoms with Gasteiger partial charge in [-0.2, -0.15) is 0 Å². The van der Waals surface area contributed by atoms with Gasteiger partial charge in [0.25, 0.3) is 0 Å². The Kier molecular flexibility index (Phi) is 12.7. The van der Waals surface area contributed by atoms with Crippen molar-refractivity contribution in [3.63, 3.8) is 0 Å². The van der Waals surface area contributed by atoms with Crippen LogP contribution in [-0.2, 0) is 33.3 Å². The van der Waals surface area contributed by atoms with Gasteiger partial charge in [-0.3, -0.25) is 9.59 Å². The molecule has 0 saturated carbocycles. The number of hydrogen-bond donors (Lipinski definition) is 1. The number of rotatable bonds is 15. The number of carbonyl (C=O) groups is 3. The fraction of sp³-hybridized carbons (Fsp3) is 0.786. The third-order valence-corrected chi connectivity index (χ3v) is 2.42. The molecule has 2 unspecified atom stereocenters. The molecule has 0 radical (unpaired) electrons. The fourth-order valence-corrected chi connectivity index (χ4v) is 1.52. The summed E-state index contributed by atoms with van der Waals surface area (Å²) in [6.45, 7) is 3.29. The molecule has 0 spiro atoms. The van der Waals surface area contributed by atoms with E-state index in [1.165, 1.54) is 13.8 Å². The number of carbonyl (C=O) groups excluding carboxylic acids is 3. The Morgan fingerprint density at radius 2 is 1.59 bits per heavy atom. The molecule has 2 N–H and O–H groups in total. The van der Waals surface area contributed by atoms with Crippen LogP contribution in [0.2, 0.25) is 0 Å². The van der Waals surface area contributed by atoms with Gasteiger partial charge in [-0.25, -0.2) is 0 Å². The van der Waals surface area contributed by atoms with Crippen LogP contribution in [0, 0.1) is 0 Å². The Morgan fingerprint density at radius 3 is 2.14 bits per heavy atom. The minimum atomic E-state index is -0.609. The summed E-state index contributed by atoms with van der Waals surface area (Å²) >= 11 is 0. The van der Waals surface area contributed by atoms with Crippen LogP contribution in [-0.4, -0.2) is 76.2 Å². The fourth-order valence-electron chi connectivity index (χ4n) is 1.52. The van der Waals surface area contributed by atoms with E-state index < -0.39 is 12.2 Å². The predicted molar refractivity (Wildman–Crippen MR) is 77.6 cm³/mol. The molecule has 8 heteroatoms. The van der Waals surface area contributed by atoms with Crippen molar-refractivity contribution in [3.05, 3.63) is 0 Å². The molecule has 0 aromatic rings. The van der Waals surface area contributed by atoms with Crippen LogP contribution in [0.15, 0.2) is 0 Å². The van der Waals surface area contributed by atoms with E-state index in [2.05, 4.69) is 0 Å². The van der Waals surface area contributed by atoms with Gasteiger partial charge in [0.1, 0.15) is 38.3 Å². The smallest absolute Gasteiger partial charge is 0.155 e. The highest BCUT2D eigenvalue weighted by Gasteiger charge is 2.24. The molecule has 0 aromatic heterocycles. The lowest BCUT2D eigenvalue weighted by molar-refractivity contribution is -0.145. The van der Waals surface area contributed by atoms with Crippen molar-refractivity contribution in [1.82, 2.24) is 0 Å². The normalized spacial score (nSPS) is 13.6. The van der Waals surface area contributed by atoms with E-state index in [4.69, 9.17) is 24.7 Å². The van der Waals surface area contributed by atoms with E-state index in [0.29, 0.717) is 12.8 Å². The zero-order chi connectivity index (χ0) is 16.8. The first kappa shape index (κ1) is 20.8. The van der Waals surface area contributed by atoms with Crippen LogP contribution >= 0.6 is 0 Å². The van der Waals surface area contributed by atoms with Crippen molar-refractivity contribution < 1.29 is 33.3 Å². The minimum absolute atomic E-state index is 0.0445. The summed E-state index contributed by atoms with van der Waals surface area (Å²) in [6.07, 6.45) is -0.555. The lowest BCUT2D eigenvalue weighted by Gasteiger charge is -2.26. The first-order valence-corrected chi connectivity index (χ1v) is 7.02. The average molecular weight is 319 g/mol. The van der Waals surface area contributed by atoms with Crippen molar-refractivity contribution in [1.29, 1.82) is 0 Å². The van der Waals surface area contributed by atoms with E-state index in [1.807, 2.05) is 0 Å². The summed E-state index contributed by atoms with van der Waals surface area (Å²) in [7, 11) is 0. The minimum Gasteiger partial charge on any atom is -0.372 e. The quantitative estimate of drug-likeness (QED) is 0.306. The zero-order valence-electron chi connectivity index (χ0n) is 13.1. The lowest BCUT2D eigenvalue weighted by atomic mass is 10.2. The Bertz CT molecular complexity index is 335. The van der Waals surface area contributed by atoms with Crippen LogP contribution in [0.1, 0.15) is 13.8 Å². The van der Waals surface area contributed by atoms with Crippen LogP contribution in [0.3, 0.4) is 0 Å². The van der Waals surface area contributed by atoms with Gasteiger partial charge in [-0.1, -0.05) is 0 Å². The zero-order valence-corrected chi connectivity index (χ0v) is 13.1. The van der Waals surface area contributed by atoms with Crippen LogP contribution in [0.25, 0.3) is 0 Å². The first-order chi connectivity index (χ1) is 10.5. The van der Waals surface area contributed by atoms with Gasteiger partial charge in [0, 0.05) is 6.54 Å². The highest BCUT2D eigenvalue weighted by Crippen LogP contribution is 2.07. The van der Waals surface area contributed by atoms with E-state index in [1.54, 1.807) is 0 Å². The van der Waals surface area contributed by atoms with Crippen molar-refractivity contribution in [2.75, 3.05) is 46.2 Å². The predicted octanol–water partition coefficient (Wildman–Crippen LogP) is -0.874. The first-order valence-electron chi connectivity index (χ1n) is 7.02.